The largest absolute Gasteiger partial charge is 0.383 e. The van der Waals surface area contributed by atoms with Crippen LogP contribution in [0.4, 0.5) is 10.9 Å². The predicted molar refractivity (Wildman–Crippen MR) is 112 cm³/mol. The third kappa shape index (κ3) is 3.22. The second-order valence-electron chi connectivity index (χ2n) is 6.77. The molecule has 1 unspecified atom stereocenters. The lowest BCUT2D eigenvalue weighted by molar-refractivity contribution is 0.102. The van der Waals surface area contributed by atoms with E-state index in [1.54, 1.807) is 18.3 Å². The first-order valence-electron chi connectivity index (χ1n) is 9.21. The Balaban J connectivity index is 1.51. The second kappa shape index (κ2) is 7.22. The molecule has 1 fully saturated rings. The Morgan fingerprint density at radius 2 is 2.10 bits per heavy atom. The zero-order valence-corrected chi connectivity index (χ0v) is 16.2. The lowest BCUT2D eigenvalue weighted by Gasteiger charge is -2.09. The Kier molecular flexibility index (Phi) is 4.41. The van der Waals surface area contributed by atoms with Crippen molar-refractivity contribution in [1.29, 1.82) is 0 Å². The molecule has 5 rings (SSSR count). The van der Waals surface area contributed by atoms with Crippen LogP contribution in [0.2, 0.25) is 0 Å². The Bertz CT molecular complexity index is 1160. The molecule has 1 amide bonds. The average molecular weight is 406 g/mol. The van der Waals surface area contributed by atoms with Crippen LogP contribution in [0.25, 0.3) is 22.3 Å². The summed E-state index contributed by atoms with van der Waals surface area (Å²) in [5.41, 5.74) is 9.01. The van der Waals surface area contributed by atoms with Gasteiger partial charge in [-0.3, -0.25) is 10.1 Å². The van der Waals surface area contributed by atoms with Crippen LogP contribution in [0.5, 0.6) is 0 Å². The van der Waals surface area contributed by atoms with E-state index in [1.807, 2.05) is 22.2 Å². The summed E-state index contributed by atoms with van der Waals surface area (Å²) in [6, 6.07) is 7.48. The van der Waals surface area contributed by atoms with Crippen molar-refractivity contribution in [3.05, 3.63) is 47.7 Å². The number of hydrogen-bond acceptors (Lipinski definition) is 8. The van der Waals surface area contributed by atoms with Gasteiger partial charge in [0.15, 0.2) is 10.8 Å². The van der Waals surface area contributed by atoms with E-state index in [1.165, 1.54) is 17.7 Å². The van der Waals surface area contributed by atoms with Gasteiger partial charge in [0.2, 0.25) is 0 Å². The number of hydrogen-bond donors (Lipinski definition) is 3. The summed E-state index contributed by atoms with van der Waals surface area (Å²) in [4.78, 5) is 25.0. The molecule has 0 radical (unpaired) electrons. The Morgan fingerprint density at radius 3 is 2.83 bits per heavy atom. The minimum absolute atomic E-state index is 0.207. The van der Waals surface area contributed by atoms with Gasteiger partial charge in [-0.1, -0.05) is 12.1 Å². The highest BCUT2D eigenvalue weighted by Gasteiger charge is 2.24. The summed E-state index contributed by atoms with van der Waals surface area (Å²) < 4.78 is 1.94. The van der Waals surface area contributed by atoms with E-state index in [0.29, 0.717) is 16.5 Å². The third-order valence-corrected chi connectivity index (χ3v) is 5.66. The molecule has 0 aliphatic carbocycles. The van der Waals surface area contributed by atoms with E-state index >= 15 is 0 Å². The van der Waals surface area contributed by atoms with Gasteiger partial charge in [-0.2, -0.15) is 5.10 Å². The van der Waals surface area contributed by atoms with Gasteiger partial charge >= 0.3 is 0 Å². The summed E-state index contributed by atoms with van der Waals surface area (Å²) in [5.74, 6) is 0.189. The number of benzene rings is 1. The molecule has 4 heterocycles. The number of rotatable bonds is 4. The molecule has 3 aromatic heterocycles. The molecule has 4 N–H and O–H groups in total. The summed E-state index contributed by atoms with van der Waals surface area (Å²) in [6.07, 6.45) is 4.10. The summed E-state index contributed by atoms with van der Waals surface area (Å²) in [5, 5.41) is 14.1. The maximum absolute atomic E-state index is 12.4. The zero-order chi connectivity index (χ0) is 19.8. The standard InChI is InChI=1S/C19H18N8OS/c20-16-14-15(26-27(13-5-6-21-9-13)17(14)24-10-23-16)11-1-3-12(4-2-11)18(28)25-19-22-7-8-29-19/h1-4,7-8,10,13,21H,5-6,9H2,(H2,20,23,24)(H,22,25,28). The summed E-state index contributed by atoms with van der Waals surface area (Å²) in [7, 11) is 0. The van der Waals surface area contributed by atoms with Crippen LogP contribution >= 0.6 is 11.3 Å². The minimum Gasteiger partial charge on any atom is -0.383 e. The molecule has 1 aliphatic rings. The summed E-state index contributed by atoms with van der Waals surface area (Å²) >= 11 is 1.37. The fraction of sp³-hybridized carbons (Fsp3) is 0.211. The van der Waals surface area contributed by atoms with Crippen LogP contribution in [0, 0.1) is 0 Å². The van der Waals surface area contributed by atoms with Crippen LogP contribution in [0.3, 0.4) is 0 Å². The molecule has 1 atom stereocenters. The van der Waals surface area contributed by atoms with Crippen molar-refractivity contribution in [2.45, 2.75) is 12.5 Å². The van der Waals surface area contributed by atoms with Crippen molar-refractivity contribution in [2.75, 3.05) is 24.1 Å². The molecule has 1 aliphatic heterocycles. The van der Waals surface area contributed by atoms with Gasteiger partial charge in [-0.15, -0.1) is 11.3 Å². The number of amides is 1. The number of fused-ring (bicyclic) bond motifs is 1. The molecule has 0 spiro atoms. The van der Waals surface area contributed by atoms with E-state index in [0.717, 1.165) is 41.8 Å². The monoisotopic (exact) mass is 406 g/mol. The number of carbonyl (C=O) groups is 1. The Labute approximate surface area is 170 Å². The zero-order valence-electron chi connectivity index (χ0n) is 15.4. The molecule has 1 saturated heterocycles. The normalized spacial score (nSPS) is 16.3. The van der Waals surface area contributed by atoms with Crippen molar-refractivity contribution in [2.24, 2.45) is 0 Å². The van der Waals surface area contributed by atoms with E-state index in [2.05, 4.69) is 25.6 Å². The number of nitrogen functional groups attached to an aromatic ring is 1. The smallest absolute Gasteiger partial charge is 0.257 e. The quantitative estimate of drug-likeness (QED) is 0.475. The van der Waals surface area contributed by atoms with Crippen LogP contribution < -0.4 is 16.4 Å². The number of nitrogens with one attached hydrogen (secondary N) is 2. The first-order valence-corrected chi connectivity index (χ1v) is 10.1. The highest BCUT2D eigenvalue weighted by Crippen LogP contribution is 2.32. The van der Waals surface area contributed by atoms with Gasteiger partial charge in [0.1, 0.15) is 17.8 Å². The Morgan fingerprint density at radius 1 is 1.24 bits per heavy atom. The highest BCUT2D eigenvalue weighted by atomic mass is 32.1. The molecular weight excluding hydrogens is 388 g/mol. The molecule has 4 aromatic rings. The SMILES string of the molecule is Nc1ncnc2c1c(-c1ccc(C(=O)Nc3nccs3)cc1)nn2C1CCNC1. The number of anilines is 2. The molecule has 0 saturated carbocycles. The molecule has 1 aromatic carbocycles. The molecule has 10 heteroatoms. The highest BCUT2D eigenvalue weighted by molar-refractivity contribution is 7.13. The maximum atomic E-state index is 12.4. The summed E-state index contributed by atoms with van der Waals surface area (Å²) in [6.45, 7) is 1.79. The molecule has 9 nitrogen and oxygen atoms in total. The number of nitrogens with zero attached hydrogens (tertiary/aromatic N) is 5. The maximum Gasteiger partial charge on any atom is 0.257 e. The number of nitrogens with two attached hydrogens (primary N) is 1. The molecule has 29 heavy (non-hydrogen) atoms. The van der Waals surface area contributed by atoms with Crippen molar-refractivity contribution < 1.29 is 4.79 Å². The minimum atomic E-state index is -0.207. The first-order chi connectivity index (χ1) is 14.2. The lowest BCUT2D eigenvalue weighted by Crippen LogP contribution is -2.15. The lowest BCUT2D eigenvalue weighted by atomic mass is 10.1. The van der Waals surface area contributed by atoms with Crippen LogP contribution in [-0.4, -0.2) is 43.7 Å². The van der Waals surface area contributed by atoms with E-state index in [4.69, 9.17) is 10.8 Å². The van der Waals surface area contributed by atoms with Crippen LogP contribution in [0.15, 0.2) is 42.2 Å². The van der Waals surface area contributed by atoms with Gasteiger partial charge < -0.3 is 11.1 Å². The van der Waals surface area contributed by atoms with Gasteiger partial charge in [0, 0.05) is 29.2 Å². The van der Waals surface area contributed by atoms with Crippen molar-refractivity contribution in [3.63, 3.8) is 0 Å². The number of carbonyl (C=O) groups excluding carboxylic acids is 1. The topological polar surface area (TPSA) is 124 Å². The number of thiazole rings is 1. The van der Waals surface area contributed by atoms with Crippen LogP contribution in [0.1, 0.15) is 22.8 Å². The van der Waals surface area contributed by atoms with Crippen molar-refractivity contribution in [1.82, 2.24) is 30.0 Å². The first kappa shape index (κ1) is 17.7. The van der Waals surface area contributed by atoms with E-state index < -0.39 is 0 Å². The Hall–Kier alpha value is -3.37. The number of aromatic nitrogens is 5. The van der Waals surface area contributed by atoms with Crippen LogP contribution in [-0.2, 0) is 0 Å². The van der Waals surface area contributed by atoms with Crippen molar-refractivity contribution in [3.8, 4) is 11.3 Å². The fourth-order valence-corrected chi connectivity index (χ4v) is 4.06. The van der Waals surface area contributed by atoms with Gasteiger partial charge in [-0.05, 0) is 25.1 Å². The van der Waals surface area contributed by atoms with E-state index in [9.17, 15) is 4.79 Å². The van der Waals surface area contributed by atoms with Gasteiger partial charge in [0.05, 0.1) is 11.4 Å². The average Bonchev–Trinajstić information content (AvgIpc) is 3.49. The molecule has 146 valence electrons. The van der Waals surface area contributed by atoms with Gasteiger partial charge in [-0.25, -0.2) is 19.6 Å². The second-order valence-corrected chi connectivity index (χ2v) is 7.66. The molecular formula is C19H18N8OS. The fourth-order valence-electron chi connectivity index (χ4n) is 3.53. The predicted octanol–water partition coefficient (Wildman–Crippen LogP) is 2.32. The van der Waals surface area contributed by atoms with Crippen molar-refractivity contribution >= 4 is 39.2 Å². The third-order valence-electron chi connectivity index (χ3n) is 4.97. The van der Waals surface area contributed by atoms with Gasteiger partial charge in [0.25, 0.3) is 5.91 Å². The molecule has 0 bridgehead atoms. The van der Waals surface area contributed by atoms with E-state index in [-0.39, 0.29) is 11.9 Å².